The Morgan fingerprint density at radius 1 is 0.865 bits per heavy atom. The average molecular weight is 530 g/mol. The van der Waals surface area contributed by atoms with Crippen LogP contribution in [0.3, 0.4) is 0 Å². The van der Waals surface area contributed by atoms with Crippen LogP contribution in [-0.2, 0) is 42.2 Å². The summed E-state index contributed by atoms with van der Waals surface area (Å²) in [5.74, 6) is -1.32. The largest absolute Gasteiger partial charge is 0.465 e. The Labute approximate surface area is 225 Å². The summed E-state index contributed by atoms with van der Waals surface area (Å²) >= 11 is 0. The van der Waals surface area contributed by atoms with Gasteiger partial charge in [0.25, 0.3) is 0 Å². The Hall–Kier alpha value is -2.34. The van der Waals surface area contributed by atoms with E-state index in [9.17, 15) is 13.2 Å². The van der Waals surface area contributed by atoms with Crippen molar-refractivity contribution in [1.29, 1.82) is 0 Å². The molecule has 5 nitrogen and oxygen atoms in total. The maximum atomic E-state index is 13.2. The zero-order chi connectivity index (χ0) is 28.2. The van der Waals surface area contributed by atoms with E-state index >= 15 is 0 Å². The topological polar surface area (TPSA) is 72.5 Å². The third-order valence-electron chi connectivity index (χ3n) is 6.48. The number of anilines is 1. The lowest BCUT2D eigenvalue weighted by atomic mass is 9.74. The van der Waals surface area contributed by atoms with Gasteiger partial charge in [-0.05, 0) is 57.3 Å². The first kappa shape index (κ1) is 30.9. The average Bonchev–Trinajstić information content (AvgIpc) is 2.74. The van der Waals surface area contributed by atoms with Crippen molar-refractivity contribution in [2.75, 3.05) is 17.1 Å². The molecule has 206 valence electrons. The summed E-state index contributed by atoms with van der Waals surface area (Å²) in [5.41, 5.74) is 4.05. The van der Waals surface area contributed by atoms with Crippen LogP contribution in [0, 0.1) is 5.92 Å². The third-order valence-corrected chi connectivity index (χ3v) is 7.61. The molecular formula is C31H47NO4S. The lowest BCUT2D eigenvalue weighted by Gasteiger charge is -2.33. The molecule has 0 heterocycles. The molecule has 2 rings (SSSR count). The van der Waals surface area contributed by atoms with Crippen LogP contribution in [0.2, 0.25) is 0 Å². The minimum absolute atomic E-state index is 0.0988. The summed E-state index contributed by atoms with van der Waals surface area (Å²) in [6.07, 6.45) is 1.74. The molecule has 0 fully saturated rings. The van der Waals surface area contributed by atoms with E-state index in [0.717, 1.165) is 29.5 Å². The van der Waals surface area contributed by atoms with Crippen LogP contribution >= 0.6 is 0 Å². The number of hydrogen-bond donors (Lipinski definition) is 1. The fourth-order valence-corrected chi connectivity index (χ4v) is 5.13. The van der Waals surface area contributed by atoms with Crippen LogP contribution in [0.15, 0.2) is 42.5 Å². The van der Waals surface area contributed by atoms with Crippen molar-refractivity contribution in [3.63, 3.8) is 0 Å². The molecule has 37 heavy (non-hydrogen) atoms. The number of hydrogen-bond acceptors (Lipinski definition) is 4. The summed E-state index contributed by atoms with van der Waals surface area (Å²) in [6, 6.07) is 14.3. The van der Waals surface area contributed by atoms with E-state index in [-0.39, 0.29) is 28.8 Å². The number of carbonyl (C=O) groups is 1. The predicted octanol–water partition coefficient (Wildman–Crippen LogP) is 7.13. The minimum atomic E-state index is -3.98. The molecule has 0 aliphatic rings. The van der Waals surface area contributed by atoms with E-state index in [4.69, 9.17) is 4.74 Å². The first-order valence-corrected chi connectivity index (χ1v) is 14.8. The van der Waals surface area contributed by atoms with Gasteiger partial charge < -0.3 is 4.74 Å². The standard InChI is InChI=1S/C31H47NO4S/c1-22(16-17-23-14-12-11-13-15-23)20-36-27(33)21-37(34,35)32-28-25(30(5,6)7)18-24(29(2,3)4)19-26(28)31(8,9)10/h11-15,18-19,22,32H,16-17,20-21H2,1-10H3. The molecule has 1 unspecified atom stereocenters. The SMILES string of the molecule is CC(CCc1ccccc1)COC(=O)CS(=O)(=O)Nc1c(C(C)(C)C)cc(C(C)(C)C)cc1C(C)(C)C. The molecule has 0 spiro atoms. The fourth-order valence-electron chi connectivity index (χ4n) is 4.13. The van der Waals surface area contributed by atoms with Gasteiger partial charge in [0.1, 0.15) is 0 Å². The molecule has 0 aliphatic carbocycles. The second kappa shape index (κ2) is 11.6. The quantitative estimate of drug-likeness (QED) is 0.351. The molecule has 0 bridgehead atoms. The van der Waals surface area contributed by atoms with Crippen molar-refractivity contribution < 1.29 is 17.9 Å². The maximum absolute atomic E-state index is 13.2. The van der Waals surface area contributed by atoms with Gasteiger partial charge in [-0.25, -0.2) is 8.42 Å². The highest BCUT2D eigenvalue weighted by Crippen LogP contribution is 2.41. The van der Waals surface area contributed by atoms with Crippen molar-refractivity contribution in [2.45, 2.75) is 98.3 Å². The molecule has 6 heteroatoms. The highest BCUT2D eigenvalue weighted by Gasteiger charge is 2.31. The number of aryl methyl sites for hydroxylation is 1. The summed E-state index contributed by atoms with van der Waals surface area (Å²) in [5, 5.41) is 0. The van der Waals surface area contributed by atoms with Crippen LogP contribution in [0.1, 0.15) is 97.9 Å². The van der Waals surface area contributed by atoms with Crippen molar-refractivity contribution in [1.82, 2.24) is 0 Å². The molecular weight excluding hydrogens is 482 g/mol. The summed E-state index contributed by atoms with van der Waals surface area (Å²) in [6.45, 7) is 21.1. The summed E-state index contributed by atoms with van der Waals surface area (Å²) in [7, 11) is -3.98. The summed E-state index contributed by atoms with van der Waals surface area (Å²) in [4.78, 5) is 12.5. The zero-order valence-electron chi connectivity index (χ0n) is 24.5. The van der Waals surface area contributed by atoms with Crippen LogP contribution in [0.5, 0.6) is 0 Å². The first-order chi connectivity index (χ1) is 16.8. The molecule has 1 N–H and O–H groups in total. The lowest BCUT2D eigenvalue weighted by molar-refractivity contribution is -0.141. The number of esters is 1. The van der Waals surface area contributed by atoms with Gasteiger partial charge in [0.2, 0.25) is 10.0 Å². The van der Waals surface area contributed by atoms with E-state index in [1.807, 2.05) is 25.1 Å². The van der Waals surface area contributed by atoms with Gasteiger partial charge in [-0.15, -0.1) is 0 Å². The van der Waals surface area contributed by atoms with Gasteiger partial charge in [0.05, 0.1) is 12.3 Å². The number of benzene rings is 2. The number of nitrogens with one attached hydrogen (secondary N) is 1. The van der Waals surface area contributed by atoms with Gasteiger partial charge >= 0.3 is 5.97 Å². The predicted molar refractivity (Wildman–Crippen MR) is 155 cm³/mol. The molecule has 0 amide bonds. The van der Waals surface area contributed by atoms with Crippen molar-refractivity contribution >= 4 is 21.7 Å². The second-order valence-corrected chi connectivity index (χ2v) is 15.1. The number of sulfonamides is 1. The molecule has 2 aromatic rings. The Kier molecular flexibility index (Phi) is 9.67. The van der Waals surface area contributed by atoms with Crippen molar-refractivity contribution in [2.24, 2.45) is 5.92 Å². The van der Waals surface area contributed by atoms with E-state index < -0.39 is 21.7 Å². The molecule has 0 aromatic heterocycles. The minimum Gasteiger partial charge on any atom is -0.465 e. The van der Waals surface area contributed by atoms with Crippen LogP contribution in [-0.4, -0.2) is 26.7 Å². The van der Waals surface area contributed by atoms with E-state index in [1.165, 1.54) is 5.56 Å². The Bertz CT molecular complexity index is 1130. The third kappa shape index (κ3) is 9.48. The van der Waals surface area contributed by atoms with E-state index in [1.54, 1.807) is 0 Å². The lowest BCUT2D eigenvalue weighted by Crippen LogP contribution is -2.30. The summed E-state index contributed by atoms with van der Waals surface area (Å²) < 4.78 is 34.5. The molecule has 0 aliphatic heterocycles. The number of ether oxygens (including phenoxy) is 1. The van der Waals surface area contributed by atoms with E-state index in [0.29, 0.717) is 5.69 Å². The van der Waals surface area contributed by atoms with Crippen LogP contribution in [0.25, 0.3) is 0 Å². The van der Waals surface area contributed by atoms with Gasteiger partial charge in [-0.2, -0.15) is 0 Å². The van der Waals surface area contributed by atoms with Gasteiger partial charge in [0.15, 0.2) is 5.75 Å². The smallest absolute Gasteiger partial charge is 0.323 e. The second-order valence-electron chi connectivity index (χ2n) is 13.4. The van der Waals surface area contributed by atoms with Crippen molar-refractivity contribution in [3.05, 3.63) is 64.7 Å². The van der Waals surface area contributed by atoms with Crippen LogP contribution < -0.4 is 4.72 Å². The van der Waals surface area contributed by atoms with Gasteiger partial charge in [-0.1, -0.05) is 112 Å². The maximum Gasteiger partial charge on any atom is 0.323 e. The highest BCUT2D eigenvalue weighted by atomic mass is 32.2. The van der Waals surface area contributed by atoms with Gasteiger partial charge in [-0.3, -0.25) is 9.52 Å². The molecule has 0 saturated heterocycles. The van der Waals surface area contributed by atoms with Gasteiger partial charge in [0, 0.05) is 0 Å². The van der Waals surface area contributed by atoms with Crippen LogP contribution in [0.4, 0.5) is 5.69 Å². The highest BCUT2D eigenvalue weighted by molar-refractivity contribution is 7.93. The fraction of sp³-hybridized carbons (Fsp3) is 0.581. The molecule has 1 atom stereocenters. The molecule has 0 radical (unpaired) electrons. The first-order valence-electron chi connectivity index (χ1n) is 13.2. The Balaban J connectivity index is 2.20. The monoisotopic (exact) mass is 529 g/mol. The van der Waals surface area contributed by atoms with E-state index in [2.05, 4.69) is 91.3 Å². The zero-order valence-corrected chi connectivity index (χ0v) is 25.3. The Morgan fingerprint density at radius 3 is 1.84 bits per heavy atom. The Morgan fingerprint density at radius 2 is 1.38 bits per heavy atom. The van der Waals surface area contributed by atoms with Crippen molar-refractivity contribution in [3.8, 4) is 0 Å². The number of rotatable bonds is 9. The number of carbonyl (C=O) groups excluding carboxylic acids is 1. The molecule has 2 aromatic carbocycles. The molecule has 0 saturated carbocycles. The normalized spacial score (nSPS) is 13.8.